The Morgan fingerprint density at radius 1 is 1.00 bits per heavy atom. The average Bonchev–Trinajstić information content (AvgIpc) is 2.75. The van der Waals surface area contributed by atoms with Gasteiger partial charge >= 0.3 is 0 Å². The zero-order valence-corrected chi connectivity index (χ0v) is 17.2. The van der Waals surface area contributed by atoms with Gasteiger partial charge in [0.05, 0.1) is 5.69 Å². The van der Waals surface area contributed by atoms with E-state index in [2.05, 4.69) is 10.3 Å². The van der Waals surface area contributed by atoms with E-state index >= 15 is 0 Å². The van der Waals surface area contributed by atoms with Gasteiger partial charge < -0.3 is 10.2 Å². The zero-order valence-electron chi connectivity index (χ0n) is 16.4. The molecule has 3 heterocycles. The van der Waals surface area contributed by atoms with Gasteiger partial charge in [0, 0.05) is 38.4 Å². The standard InChI is InChI=1S/C21H27FN4O2S/c22-18-9-2-3-10-19(18)25-13-7-8-17(16-25)24-21-20(11-6-12-23-21)29(27,28)26-14-4-1-5-15-26/h2-3,6,9-12,17H,1,4-5,7-8,13-16H2,(H,23,24). The lowest BCUT2D eigenvalue weighted by Gasteiger charge is -2.35. The van der Waals surface area contributed by atoms with Gasteiger partial charge in [-0.1, -0.05) is 18.6 Å². The van der Waals surface area contributed by atoms with Crippen molar-refractivity contribution < 1.29 is 12.8 Å². The number of pyridine rings is 1. The number of aromatic nitrogens is 1. The molecule has 2 fully saturated rings. The molecule has 1 aromatic carbocycles. The Morgan fingerprint density at radius 2 is 1.79 bits per heavy atom. The number of hydrogen-bond donors (Lipinski definition) is 1. The van der Waals surface area contributed by atoms with Crippen molar-refractivity contribution >= 4 is 21.5 Å². The van der Waals surface area contributed by atoms with Crippen molar-refractivity contribution in [3.05, 3.63) is 48.4 Å². The molecule has 0 aliphatic carbocycles. The predicted octanol–water partition coefficient (Wildman–Crippen LogP) is 3.48. The number of nitrogens with zero attached hydrogens (tertiary/aromatic N) is 3. The molecular weight excluding hydrogens is 391 g/mol. The molecule has 8 heteroatoms. The number of piperidine rings is 2. The van der Waals surface area contributed by atoms with Gasteiger partial charge in [-0.05, 0) is 49.9 Å². The average molecular weight is 419 g/mol. The van der Waals surface area contributed by atoms with E-state index in [1.54, 1.807) is 34.8 Å². The highest BCUT2D eigenvalue weighted by Gasteiger charge is 2.30. The topological polar surface area (TPSA) is 65.5 Å². The fourth-order valence-electron chi connectivity index (χ4n) is 4.17. The highest BCUT2D eigenvalue weighted by atomic mass is 32.2. The summed E-state index contributed by atoms with van der Waals surface area (Å²) in [5.41, 5.74) is 0.584. The first-order valence-corrected chi connectivity index (χ1v) is 11.7. The molecule has 2 aliphatic heterocycles. The summed E-state index contributed by atoms with van der Waals surface area (Å²) in [6.07, 6.45) is 6.23. The summed E-state index contributed by atoms with van der Waals surface area (Å²) in [6, 6.07) is 10.0. The van der Waals surface area contributed by atoms with E-state index < -0.39 is 10.0 Å². The van der Waals surface area contributed by atoms with Crippen LogP contribution in [0.1, 0.15) is 32.1 Å². The Bertz CT molecular complexity index is 947. The fraction of sp³-hybridized carbons (Fsp3) is 0.476. The second-order valence-corrected chi connectivity index (χ2v) is 9.60. The van der Waals surface area contributed by atoms with Crippen LogP contribution in [0.2, 0.25) is 0 Å². The van der Waals surface area contributed by atoms with Crippen molar-refractivity contribution in [2.24, 2.45) is 0 Å². The molecule has 2 aliphatic rings. The molecule has 1 N–H and O–H groups in total. The molecule has 156 valence electrons. The van der Waals surface area contributed by atoms with Crippen LogP contribution < -0.4 is 10.2 Å². The molecule has 0 radical (unpaired) electrons. The molecule has 6 nitrogen and oxygen atoms in total. The van der Waals surface area contributed by atoms with E-state index in [9.17, 15) is 12.8 Å². The number of halogens is 1. The van der Waals surface area contributed by atoms with E-state index in [4.69, 9.17) is 0 Å². The first kappa shape index (κ1) is 20.1. The van der Waals surface area contributed by atoms with Gasteiger partial charge in [-0.3, -0.25) is 0 Å². The SMILES string of the molecule is O=S(=O)(c1cccnc1NC1CCCN(c2ccccc2F)C1)N1CCCCC1. The van der Waals surface area contributed by atoms with Crippen LogP contribution in [0.25, 0.3) is 0 Å². The third-order valence-corrected chi connectivity index (χ3v) is 7.59. The minimum absolute atomic E-state index is 0.00596. The number of nitrogens with one attached hydrogen (secondary N) is 1. The molecule has 1 atom stereocenters. The smallest absolute Gasteiger partial charge is 0.246 e. The number of para-hydroxylation sites is 1. The molecule has 2 saturated heterocycles. The summed E-state index contributed by atoms with van der Waals surface area (Å²) in [6.45, 7) is 2.49. The normalized spacial score (nSPS) is 21.1. The molecule has 4 rings (SSSR count). The molecule has 0 spiro atoms. The van der Waals surface area contributed by atoms with Crippen molar-refractivity contribution in [2.45, 2.75) is 43.0 Å². The summed E-state index contributed by atoms with van der Waals surface area (Å²) in [5.74, 6) is 0.151. The second kappa shape index (κ2) is 8.67. The second-order valence-electron chi connectivity index (χ2n) is 7.70. The van der Waals surface area contributed by atoms with E-state index in [1.807, 2.05) is 11.0 Å². The van der Waals surface area contributed by atoms with Crippen molar-refractivity contribution in [3.63, 3.8) is 0 Å². The number of rotatable bonds is 5. The molecule has 0 amide bonds. The zero-order chi connectivity index (χ0) is 20.3. The molecule has 0 saturated carbocycles. The van der Waals surface area contributed by atoms with Crippen molar-refractivity contribution in [2.75, 3.05) is 36.4 Å². The Hall–Kier alpha value is -2.19. The van der Waals surface area contributed by atoms with Crippen LogP contribution in [0.4, 0.5) is 15.9 Å². The Labute approximate surface area is 171 Å². The van der Waals surface area contributed by atoms with E-state index in [-0.39, 0.29) is 16.8 Å². The van der Waals surface area contributed by atoms with Crippen LogP contribution >= 0.6 is 0 Å². The van der Waals surface area contributed by atoms with E-state index in [1.165, 1.54) is 6.07 Å². The van der Waals surface area contributed by atoms with Gasteiger partial charge in [-0.2, -0.15) is 4.31 Å². The van der Waals surface area contributed by atoms with Crippen LogP contribution in [0.3, 0.4) is 0 Å². The lowest BCUT2D eigenvalue weighted by Crippen LogP contribution is -2.43. The first-order chi connectivity index (χ1) is 14.1. The highest BCUT2D eigenvalue weighted by molar-refractivity contribution is 7.89. The van der Waals surface area contributed by atoms with E-state index in [0.717, 1.165) is 38.6 Å². The minimum atomic E-state index is -3.58. The summed E-state index contributed by atoms with van der Waals surface area (Å²) in [7, 11) is -3.58. The third-order valence-electron chi connectivity index (χ3n) is 5.66. The molecule has 1 aromatic heterocycles. The number of sulfonamides is 1. The molecule has 29 heavy (non-hydrogen) atoms. The number of anilines is 2. The maximum atomic E-state index is 14.2. The van der Waals surface area contributed by atoms with Gasteiger partial charge in [0.2, 0.25) is 10.0 Å². The van der Waals surface area contributed by atoms with Crippen molar-refractivity contribution in [1.29, 1.82) is 0 Å². The van der Waals surface area contributed by atoms with Crippen LogP contribution in [-0.2, 0) is 10.0 Å². The Balaban J connectivity index is 1.53. The molecular formula is C21H27FN4O2S. The van der Waals surface area contributed by atoms with Crippen LogP contribution in [0.15, 0.2) is 47.5 Å². The lowest BCUT2D eigenvalue weighted by molar-refractivity contribution is 0.346. The summed E-state index contributed by atoms with van der Waals surface area (Å²) in [5, 5.41) is 3.33. The maximum absolute atomic E-state index is 14.2. The summed E-state index contributed by atoms with van der Waals surface area (Å²) >= 11 is 0. The molecule has 2 aromatic rings. The van der Waals surface area contributed by atoms with Crippen LogP contribution in [0, 0.1) is 5.82 Å². The number of benzene rings is 1. The largest absolute Gasteiger partial charge is 0.367 e. The highest BCUT2D eigenvalue weighted by Crippen LogP contribution is 2.28. The first-order valence-electron chi connectivity index (χ1n) is 10.3. The van der Waals surface area contributed by atoms with Gasteiger partial charge in [0.25, 0.3) is 0 Å². The molecule has 1 unspecified atom stereocenters. The van der Waals surface area contributed by atoms with Gasteiger partial charge in [0.15, 0.2) is 0 Å². The summed E-state index contributed by atoms with van der Waals surface area (Å²) in [4.78, 5) is 6.58. The monoisotopic (exact) mass is 418 g/mol. The Kier molecular flexibility index (Phi) is 6.01. The quantitative estimate of drug-likeness (QED) is 0.805. The Morgan fingerprint density at radius 3 is 2.59 bits per heavy atom. The summed E-state index contributed by atoms with van der Waals surface area (Å²) < 4.78 is 42.1. The van der Waals surface area contributed by atoms with E-state index in [0.29, 0.717) is 31.1 Å². The fourth-order valence-corrected chi connectivity index (χ4v) is 5.79. The predicted molar refractivity (Wildman–Crippen MR) is 112 cm³/mol. The third kappa shape index (κ3) is 4.38. The maximum Gasteiger partial charge on any atom is 0.246 e. The molecule has 0 bridgehead atoms. The van der Waals surface area contributed by atoms with Crippen LogP contribution in [0.5, 0.6) is 0 Å². The van der Waals surface area contributed by atoms with Crippen molar-refractivity contribution in [3.8, 4) is 0 Å². The van der Waals surface area contributed by atoms with Gasteiger partial charge in [-0.25, -0.2) is 17.8 Å². The minimum Gasteiger partial charge on any atom is -0.367 e. The van der Waals surface area contributed by atoms with Gasteiger partial charge in [0.1, 0.15) is 16.5 Å². The number of hydrogen-bond acceptors (Lipinski definition) is 5. The lowest BCUT2D eigenvalue weighted by atomic mass is 10.0. The van der Waals surface area contributed by atoms with Gasteiger partial charge in [-0.15, -0.1) is 0 Å². The van der Waals surface area contributed by atoms with Crippen molar-refractivity contribution in [1.82, 2.24) is 9.29 Å². The van der Waals surface area contributed by atoms with Crippen LogP contribution in [-0.4, -0.2) is 49.9 Å².